The molecular weight excluding hydrogens is 388 g/mol. The number of esters is 1. The Morgan fingerprint density at radius 3 is 2.72 bits per heavy atom. The Kier molecular flexibility index (Phi) is 5.95. The number of imide groups is 1. The summed E-state index contributed by atoms with van der Waals surface area (Å²) in [5.41, 5.74) is 3.90. The first-order valence-corrected chi connectivity index (χ1v) is 9.84. The summed E-state index contributed by atoms with van der Waals surface area (Å²) in [4.78, 5) is 37.9. The van der Waals surface area contributed by atoms with E-state index in [1.807, 2.05) is 30.5 Å². The highest BCUT2D eigenvalue weighted by Gasteiger charge is 2.34. The lowest BCUT2D eigenvalue weighted by Gasteiger charge is -2.11. The van der Waals surface area contributed by atoms with Crippen LogP contribution in [0, 0.1) is 26.2 Å². The van der Waals surface area contributed by atoms with Gasteiger partial charge >= 0.3 is 5.97 Å². The van der Waals surface area contributed by atoms with Crippen LogP contribution in [0.5, 0.6) is 0 Å². The standard InChI is InChI=1S/C22H20N2O4S/c1-5-10-23-20(25)19(29-22(23)27)13-17-11-14(3)24(15(17)4)18-9-7-8-16(12-18)21(26)28-6-2/h1,7-9,11-13H,6,10H2,2-4H3/b19-13-. The summed E-state index contributed by atoms with van der Waals surface area (Å²) < 4.78 is 7.06. The number of carbonyl (C=O) groups excluding carboxylic acids is 3. The van der Waals surface area contributed by atoms with Crippen LogP contribution >= 0.6 is 11.8 Å². The van der Waals surface area contributed by atoms with Gasteiger partial charge in [0.05, 0.1) is 23.6 Å². The Bertz CT molecular complexity index is 1070. The van der Waals surface area contributed by atoms with E-state index in [9.17, 15) is 14.4 Å². The summed E-state index contributed by atoms with van der Waals surface area (Å²) in [6.45, 7) is 5.89. The minimum atomic E-state index is -0.382. The Morgan fingerprint density at radius 1 is 1.28 bits per heavy atom. The van der Waals surface area contributed by atoms with Crippen LogP contribution in [-0.2, 0) is 9.53 Å². The third-order valence-corrected chi connectivity index (χ3v) is 5.40. The predicted molar refractivity (Wildman–Crippen MR) is 113 cm³/mol. The average Bonchev–Trinajstić information content (AvgIpc) is 3.12. The monoisotopic (exact) mass is 408 g/mol. The summed E-state index contributed by atoms with van der Waals surface area (Å²) in [5, 5.41) is -0.366. The van der Waals surface area contributed by atoms with Crippen LogP contribution in [0.2, 0.25) is 0 Å². The first kappa shape index (κ1) is 20.5. The van der Waals surface area contributed by atoms with Gasteiger partial charge < -0.3 is 9.30 Å². The fraction of sp³-hybridized carbons (Fsp3) is 0.227. The minimum absolute atomic E-state index is 0.0400. The highest BCUT2D eigenvalue weighted by Crippen LogP contribution is 2.33. The van der Waals surface area contributed by atoms with E-state index in [1.54, 1.807) is 31.2 Å². The van der Waals surface area contributed by atoms with E-state index in [-0.39, 0.29) is 23.7 Å². The molecule has 2 aromatic rings. The number of aryl methyl sites for hydroxylation is 1. The van der Waals surface area contributed by atoms with Gasteiger partial charge in [-0.15, -0.1) is 6.42 Å². The second-order valence-electron chi connectivity index (χ2n) is 6.40. The molecule has 0 unspecified atom stereocenters. The number of hydrogen-bond donors (Lipinski definition) is 0. The summed E-state index contributed by atoms with van der Waals surface area (Å²) in [5.74, 6) is 1.57. The Labute approximate surface area is 173 Å². The third kappa shape index (κ3) is 3.98. The average molecular weight is 408 g/mol. The number of rotatable bonds is 5. The van der Waals surface area contributed by atoms with Crippen molar-refractivity contribution in [2.75, 3.05) is 13.2 Å². The van der Waals surface area contributed by atoms with Crippen LogP contribution in [0.4, 0.5) is 4.79 Å². The fourth-order valence-electron chi connectivity index (χ4n) is 3.19. The second kappa shape index (κ2) is 8.41. The van der Waals surface area contributed by atoms with Crippen LogP contribution in [0.25, 0.3) is 11.8 Å². The maximum atomic E-state index is 12.4. The van der Waals surface area contributed by atoms with Gasteiger partial charge in [-0.25, -0.2) is 4.79 Å². The van der Waals surface area contributed by atoms with Gasteiger partial charge in [-0.3, -0.25) is 14.5 Å². The summed E-state index contributed by atoms with van der Waals surface area (Å²) >= 11 is 0.881. The molecule has 1 aromatic heterocycles. The molecule has 2 amide bonds. The van der Waals surface area contributed by atoms with Crippen molar-refractivity contribution in [3.8, 4) is 18.0 Å². The van der Waals surface area contributed by atoms with Crippen molar-refractivity contribution in [2.24, 2.45) is 0 Å². The summed E-state index contributed by atoms with van der Waals surface area (Å²) in [6, 6.07) is 9.10. The molecule has 2 heterocycles. The van der Waals surface area contributed by atoms with Crippen molar-refractivity contribution in [1.29, 1.82) is 0 Å². The molecule has 6 nitrogen and oxygen atoms in total. The van der Waals surface area contributed by atoms with E-state index in [1.165, 1.54) is 0 Å². The number of aromatic nitrogens is 1. The van der Waals surface area contributed by atoms with Gasteiger partial charge in [0.25, 0.3) is 11.1 Å². The van der Waals surface area contributed by atoms with Crippen LogP contribution in [0.1, 0.15) is 34.2 Å². The number of hydrogen-bond acceptors (Lipinski definition) is 5. The molecule has 29 heavy (non-hydrogen) atoms. The third-order valence-electron chi connectivity index (χ3n) is 4.50. The second-order valence-corrected chi connectivity index (χ2v) is 7.40. The molecule has 7 heteroatoms. The van der Waals surface area contributed by atoms with Crippen LogP contribution < -0.4 is 0 Å². The summed E-state index contributed by atoms with van der Waals surface area (Å²) in [6.07, 6.45) is 6.94. The maximum absolute atomic E-state index is 12.4. The van der Waals surface area contributed by atoms with Crippen LogP contribution in [0.15, 0.2) is 35.2 Å². The normalized spacial score (nSPS) is 15.1. The Hall–Kier alpha value is -3.24. The van der Waals surface area contributed by atoms with Crippen molar-refractivity contribution in [1.82, 2.24) is 9.47 Å². The molecule has 1 fully saturated rings. The molecule has 0 bridgehead atoms. The number of carbonyl (C=O) groups is 3. The van der Waals surface area contributed by atoms with Crippen molar-refractivity contribution in [3.05, 3.63) is 57.8 Å². The van der Waals surface area contributed by atoms with Crippen molar-refractivity contribution in [2.45, 2.75) is 20.8 Å². The zero-order chi connectivity index (χ0) is 21.1. The van der Waals surface area contributed by atoms with Gasteiger partial charge in [0.1, 0.15) is 0 Å². The number of ether oxygens (including phenoxy) is 1. The molecule has 0 spiro atoms. The first-order valence-electron chi connectivity index (χ1n) is 9.02. The quantitative estimate of drug-likeness (QED) is 0.426. The van der Waals surface area contributed by atoms with Crippen LogP contribution in [-0.4, -0.2) is 39.7 Å². The van der Waals surface area contributed by atoms with Gasteiger partial charge in [0.2, 0.25) is 0 Å². The first-order chi connectivity index (χ1) is 13.9. The number of benzene rings is 1. The van der Waals surface area contributed by atoms with Crippen molar-refractivity contribution < 1.29 is 19.1 Å². The molecule has 0 radical (unpaired) electrons. The highest BCUT2D eigenvalue weighted by atomic mass is 32.2. The van der Waals surface area contributed by atoms with Crippen LogP contribution in [0.3, 0.4) is 0 Å². The Morgan fingerprint density at radius 2 is 2.03 bits per heavy atom. The van der Waals surface area contributed by atoms with E-state index in [2.05, 4.69) is 5.92 Å². The smallest absolute Gasteiger partial charge is 0.338 e. The molecule has 0 saturated carbocycles. The zero-order valence-electron chi connectivity index (χ0n) is 16.4. The van der Waals surface area contributed by atoms with E-state index >= 15 is 0 Å². The van der Waals surface area contributed by atoms with Gasteiger partial charge in [-0.2, -0.15) is 0 Å². The van der Waals surface area contributed by atoms with Gasteiger partial charge in [-0.05, 0) is 68.4 Å². The molecule has 1 saturated heterocycles. The van der Waals surface area contributed by atoms with Gasteiger partial charge in [0, 0.05) is 17.1 Å². The molecule has 0 atom stereocenters. The minimum Gasteiger partial charge on any atom is -0.462 e. The SMILES string of the molecule is C#CCN1C(=O)S/C(=C\c2cc(C)n(-c3cccc(C(=O)OCC)c3)c2C)C1=O. The lowest BCUT2D eigenvalue weighted by atomic mass is 10.2. The largest absolute Gasteiger partial charge is 0.462 e. The van der Waals surface area contributed by atoms with E-state index in [0.29, 0.717) is 17.1 Å². The zero-order valence-corrected chi connectivity index (χ0v) is 17.2. The predicted octanol–water partition coefficient (Wildman–Crippen LogP) is 3.94. The van der Waals surface area contributed by atoms with Gasteiger partial charge in [0.15, 0.2) is 0 Å². The topological polar surface area (TPSA) is 68.6 Å². The van der Waals surface area contributed by atoms with Gasteiger partial charge in [-0.1, -0.05) is 12.0 Å². The van der Waals surface area contributed by atoms with Crippen molar-refractivity contribution >= 4 is 35.0 Å². The molecule has 1 aliphatic heterocycles. The molecule has 0 N–H and O–H groups in total. The molecule has 0 aliphatic carbocycles. The number of amides is 2. The van der Waals surface area contributed by atoms with E-state index in [0.717, 1.165) is 39.3 Å². The Balaban J connectivity index is 1.98. The fourth-order valence-corrected chi connectivity index (χ4v) is 4.02. The van der Waals surface area contributed by atoms with E-state index < -0.39 is 0 Å². The lowest BCUT2D eigenvalue weighted by Crippen LogP contribution is -2.28. The number of terminal acetylenes is 1. The number of nitrogens with zero attached hydrogens (tertiary/aromatic N) is 2. The maximum Gasteiger partial charge on any atom is 0.338 e. The number of thioether (sulfide) groups is 1. The molecule has 1 aromatic carbocycles. The van der Waals surface area contributed by atoms with Crippen molar-refractivity contribution in [3.63, 3.8) is 0 Å². The summed E-state index contributed by atoms with van der Waals surface area (Å²) in [7, 11) is 0. The molecule has 148 valence electrons. The molecule has 3 rings (SSSR count). The molecule has 1 aliphatic rings. The lowest BCUT2D eigenvalue weighted by molar-refractivity contribution is -0.122. The molecular formula is C22H20N2O4S. The van der Waals surface area contributed by atoms with E-state index in [4.69, 9.17) is 11.2 Å². The highest BCUT2D eigenvalue weighted by molar-refractivity contribution is 8.18.